The summed E-state index contributed by atoms with van der Waals surface area (Å²) in [5.41, 5.74) is 1.94. The standard InChI is InChI=1S/C19H24N6O3/c1-3-28-19(27)25-9-7-24(8-10-25)18-22-14(2)11-16(23-18)17(26)21-13-15-5-4-6-20-12-15/h4-6,11-12H,3,7-10,13H2,1-2H3,(H,21,26). The van der Waals surface area contributed by atoms with Crippen LogP contribution in [-0.4, -0.2) is 64.6 Å². The number of amides is 2. The topological polar surface area (TPSA) is 101 Å². The van der Waals surface area contributed by atoms with Gasteiger partial charge in [0.15, 0.2) is 0 Å². The number of hydrogen-bond donors (Lipinski definition) is 1. The number of aromatic nitrogens is 3. The Morgan fingerprint density at radius 2 is 2.00 bits per heavy atom. The Morgan fingerprint density at radius 3 is 2.68 bits per heavy atom. The normalized spacial score (nSPS) is 13.9. The molecule has 3 rings (SSSR count). The van der Waals surface area contributed by atoms with E-state index in [9.17, 15) is 9.59 Å². The van der Waals surface area contributed by atoms with Crippen LogP contribution in [0.4, 0.5) is 10.7 Å². The lowest BCUT2D eigenvalue weighted by atomic mass is 10.2. The van der Waals surface area contributed by atoms with E-state index in [0.29, 0.717) is 56.7 Å². The summed E-state index contributed by atoms with van der Waals surface area (Å²) < 4.78 is 5.04. The monoisotopic (exact) mass is 384 g/mol. The van der Waals surface area contributed by atoms with Crippen molar-refractivity contribution in [3.63, 3.8) is 0 Å². The molecule has 0 bridgehead atoms. The van der Waals surface area contributed by atoms with Crippen LogP contribution in [0.25, 0.3) is 0 Å². The Bertz CT molecular complexity index is 822. The van der Waals surface area contributed by atoms with Gasteiger partial charge in [0.2, 0.25) is 5.95 Å². The second kappa shape index (κ2) is 9.12. The predicted octanol–water partition coefficient (Wildman–Crippen LogP) is 1.39. The molecular formula is C19H24N6O3. The van der Waals surface area contributed by atoms with E-state index < -0.39 is 0 Å². The van der Waals surface area contributed by atoms with Gasteiger partial charge in [-0.05, 0) is 31.5 Å². The number of pyridine rings is 1. The Balaban J connectivity index is 1.63. The number of hydrogen-bond acceptors (Lipinski definition) is 7. The highest BCUT2D eigenvalue weighted by Crippen LogP contribution is 2.14. The van der Waals surface area contributed by atoms with E-state index in [1.165, 1.54) is 0 Å². The van der Waals surface area contributed by atoms with Crippen LogP contribution in [0.1, 0.15) is 28.7 Å². The van der Waals surface area contributed by atoms with Gasteiger partial charge in [0.1, 0.15) is 5.69 Å². The van der Waals surface area contributed by atoms with Crippen LogP contribution in [0.15, 0.2) is 30.6 Å². The number of nitrogens with zero attached hydrogens (tertiary/aromatic N) is 5. The summed E-state index contributed by atoms with van der Waals surface area (Å²) in [6.07, 6.45) is 3.09. The largest absolute Gasteiger partial charge is 0.450 e. The minimum Gasteiger partial charge on any atom is -0.450 e. The molecule has 0 atom stereocenters. The van der Waals surface area contributed by atoms with Gasteiger partial charge in [0, 0.05) is 50.8 Å². The molecule has 0 radical (unpaired) electrons. The van der Waals surface area contributed by atoms with Gasteiger partial charge in [-0.15, -0.1) is 0 Å². The smallest absolute Gasteiger partial charge is 0.409 e. The lowest BCUT2D eigenvalue weighted by molar-refractivity contribution is 0.0945. The summed E-state index contributed by atoms with van der Waals surface area (Å²) >= 11 is 0. The Hall–Kier alpha value is -3.23. The summed E-state index contributed by atoms with van der Waals surface area (Å²) in [6, 6.07) is 5.38. The highest BCUT2D eigenvalue weighted by atomic mass is 16.6. The zero-order chi connectivity index (χ0) is 19.9. The van der Waals surface area contributed by atoms with Crippen molar-refractivity contribution in [2.75, 3.05) is 37.7 Å². The molecule has 9 nitrogen and oxygen atoms in total. The van der Waals surface area contributed by atoms with Gasteiger partial charge < -0.3 is 19.9 Å². The van der Waals surface area contributed by atoms with Gasteiger partial charge in [-0.1, -0.05) is 6.07 Å². The third kappa shape index (κ3) is 4.93. The Labute approximate surface area is 163 Å². The zero-order valence-electron chi connectivity index (χ0n) is 16.1. The molecule has 1 aliphatic rings. The van der Waals surface area contributed by atoms with Crippen LogP contribution in [0.2, 0.25) is 0 Å². The fraction of sp³-hybridized carbons (Fsp3) is 0.421. The summed E-state index contributed by atoms with van der Waals surface area (Å²) in [7, 11) is 0. The molecule has 1 saturated heterocycles. The number of carbonyl (C=O) groups excluding carboxylic acids is 2. The van der Waals surface area contributed by atoms with Gasteiger partial charge in [-0.3, -0.25) is 9.78 Å². The third-order valence-corrected chi connectivity index (χ3v) is 4.34. The molecule has 9 heteroatoms. The molecule has 2 aromatic heterocycles. The average molecular weight is 384 g/mol. The van der Waals surface area contributed by atoms with Gasteiger partial charge in [-0.2, -0.15) is 0 Å². The maximum Gasteiger partial charge on any atom is 0.409 e. The minimum atomic E-state index is -0.303. The molecule has 28 heavy (non-hydrogen) atoms. The molecule has 0 saturated carbocycles. The van der Waals surface area contributed by atoms with E-state index >= 15 is 0 Å². The van der Waals surface area contributed by atoms with Crippen molar-refractivity contribution in [2.45, 2.75) is 20.4 Å². The number of piperazine rings is 1. The van der Waals surface area contributed by atoms with Gasteiger partial charge in [0.25, 0.3) is 5.91 Å². The zero-order valence-corrected chi connectivity index (χ0v) is 16.1. The quantitative estimate of drug-likeness (QED) is 0.831. The molecule has 148 valence electrons. The van der Waals surface area contributed by atoms with Crippen LogP contribution in [0.5, 0.6) is 0 Å². The van der Waals surface area contributed by atoms with Crippen molar-refractivity contribution in [1.29, 1.82) is 0 Å². The van der Waals surface area contributed by atoms with Crippen molar-refractivity contribution in [2.24, 2.45) is 0 Å². The minimum absolute atomic E-state index is 0.263. The molecule has 1 N–H and O–H groups in total. The van der Waals surface area contributed by atoms with Crippen LogP contribution in [0, 0.1) is 6.92 Å². The first kappa shape index (κ1) is 19.5. The average Bonchev–Trinajstić information content (AvgIpc) is 2.72. The lowest BCUT2D eigenvalue weighted by Crippen LogP contribution is -2.49. The maximum atomic E-state index is 12.5. The highest BCUT2D eigenvalue weighted by Gasteiger charge is 2.24. The first-order chi connectivity index (χ1) is 13.6. The van der Waals surface area contributed by atoms with E-state index in [4.69, 9.17) is 4.74 Å². The number of carbonyl (C=O) groups is 2. The SMILES string of the molecule is CCOC(=O)N1CCN(c2nc(C)cc(C(=O)NCc3cccnc3)n2)CC1. The fourth-order valence-corrected chi connectivity index (χ4v) is 2.89. The molecule has 0 aromatic carbocycles. The van der Waals surface area contributed by atoms with Gasteiger partial charge in [0.05, 0.1) is 6.61 Å². The molecule has 1 aliphatic heterocycles. The third-order valence-electron chi connectivity index (χ3n) is 4.34. The first-order valence-electron chi connectivity index (χ1n) is 9.26. The van der Waals surface area contributed by atoms with Crippen molar-refractivity contribution in [3.05, 3.63) is 47.5 Å². The van der Waals surface area contributed by atoms with E-state index in [1.54, 1.807) is 30.3 Å². The van der Waals surface area contributed by atoms with Gasteiger partial charge >= 0.3 is 6.09 Å². The summed E-state index contributed by atoms with van der Waals surface area (Å²) in [6.45, 7) is 6.57. The predicted molar refractivity (Wildman–Crippen MR) is 103 cm³/mol. The molecule has 2 aromatic rings. The highest BCUT2D eigenvalue weighted by molar-refractivity contribution is 5.92. The molecule has 2 amide bonds. The number of nitrogens with one attached hydrogen (secondary N) is 1. The van der Waals surface area contributed by atoms with E-state index in [-0.39, 0.29) is 12.0 Å². The summed E-state index contributed by atoms with van der Waals surface area (Å²) in [5, 5.41) is 2.85. The molecule has 0 unspecified atom stereocenters. The second-order valence-corrected chi connectivity index (χ2v) is 6.41. The number of rotatable bonds is 5. The Kier molecular flexibility index (Phi) is 6.36. The molecule has 3 heterocycles. The van der Waals surface area contributed by atoms with Crippen LogP contribution in [0.3, 0.4) is 0 Å². The van der Waals surface area contributed by atoms with E-state index in [0.717, 1.165) is 5.56 Å². The molecule has 0 aliphatic carbocycles. The van der Waals surface area contributed by atoms with Crippen molar-refractivity contribution in [3.8, 4) is 0 Å². The second-order valence-electron chi connectivity index (χ2n) is 6.41. The van der Waals surface area contributed by atoms with E-state index in [1.807, 2.05) is 24.0 Å². The lowest BCUT2D eigenvalue weighted by Gasteiger charge is -2.34. The molecular weight excluding hydrogens is 360 g/mol. The fourth-order valence-electron chi connectivity index (χ4n) is 2.89. The van der Waals surface area contributed by atoms with Crippen molar-refractivity contribution in [1.82, 2.24) is 25.2 Å². The van der Waals surface area contributed by atoms with Crippen LogP contribution >= 0.6 is 0 Å². The maximum absolute atomic E-state index is 12.5. The van der Waals surface area contributed by atoms with Gasteiger partial charge in [-0.25, -0.2) is 14.8 Å². The first-order valence-corrected chi connectivity index (χ1v) is 9.26. The summed E-state index contributed by atoms with van der Waals surface area (Å²) in [4.78, 5) is 40.9. The van der Waals surface area contributed by atoms with Crippen LogP contribution in [-0.2, 0) is 11.3 Å². The van der Waals surface area contributed by atoms with Crippen LogP contribution < -0.4 is 10.2 Å². The van der Waals surface area contributed by atoms with Crippen molar-refractivity contribution < 1.29 is 14.3 Å². The number of aryl methyl sites for hydroxylation is 1. The summed E-state index contributed by atoms with van der Waals surface area (Å²) in [5.74, 6) is 0.232. The Morgan fingerprint density at radius 1 is 1.21 bits per heavy atom. The molecule has 1 fully saturated rings. The van der Waals surface area contributed by atoms with Crippen molar-refractivity contribution >= 4 is 17.9 Å². The van der Waals surface area contributed by atoms with E-state index in [2.05, 4.69) is 20.3 Å². The number of ether oxygens (including phenoxy) is 1. The number of anilines is 1. The molecule has 0 spiro atoms.